The minimum Gasteiger partial charge on any atom is -0.394 e. The van der Waals surface area contributed by atoms with Crippen LogP contribution in [0.15, 0.2) is 35.5 Å². The minimum absolute atomic E-state index is 0.186. The zero-order chi connectivity index (χ0) is 22.4. The van der Waals surface area contributed by atoms with Gasteiger partial charge in [0, 0.05) is 12.7 Å². The fourth-order valence-corrected chi connectivity index (χ4v) is 5.09. The van der Waals surface area contributed by atoms with E-state index in [0.717, 1.165) is 18.4 Å². The van der Waals surface area contributed by atoms with Crippen molar-refractivity contribution in [3.05, 3.63) is 46.9 Å². The number of hydrogen-bond acceptors (Lipinski definition) is 6. The zero-order valence-corrected chi connectivity index (χ0v) is 19.0. The number of carbonyl (C=O) groups is 1. The van der Waals surface area contributed by atoms with Crippen LogP contribution in [0.3, 0.4) is 0 Å². The number of nitrogens with zero attached hydrogens (tertiary/aromatic N) is 2. The van der Waals surface area contributed by atoms with E-state index in [1.807, 2.05) is 6.07 Å². The van der Waals surface area contributed by atoms with Gasteiger partial charge in [0.05, 0.1) is 57.4 Å². The molecule has 0 bridgehead atoms. The van der Waals surface area contributed by atoms with Gasteiger partial charge in [-0.25, -0.2) is 4.98 Å². The number of halogens is 1. The third-order valence-electron chi connectivity index (χ3n) is 5.64. The predicted octanol–water partition coefficient (Wildman–Crippen LogP) is 3.07. The molecule has 3 unspecified atom stereocenters. The van der Waals surface area contributed by atoms with Gasteiger partial charge in [0.2, 0.25) is 5.91 Å². The van der Waals surface area contributed by atoms with Crippen LogP contribution in [0.1, 0.15) is 49.3 Å². The summed E-state index contributed by atoms with van der Waals surface area (Å²) >= 11 is 6.34. The SMILES string of the molecule is CS(=O)c1ccc(C(CC2CCCC2)C(=O)Nc2cnc(CC(O)CO)cn2)cc1Cl. The van der Waals surface area contributed by atoms with E-state index in [4.69, 9.17) is 16.7 Å². The number of hydrogen-bond donors (Lipinski definition) is 3. The molecule has 1 amide bonds. The first kappa shape index (κ1) is 23.8. The molecule has 0 saturated heterocycles. The van der Waals surface area contributed by atoms with Crippen molar-refractivity contribution in [2.75, 3.05) is 18.2 Å². The maximum atomic E-state index is 13.2. The van der Waals surface area contributed by atoms with Crippen LogP contribution >= 0.6 is 11.6 Å². The van der Waals surface area contributed by atoms with Gasteiger partial charge in [0.15, 0.2) is 5.82 Å². The molecule has 1 aromatic heterocycles. The highest BCUT2D eigenvalue weighted by Gasteiger charge is 2.27. The normalized spacial score (nSPS) is 17.3. The first-order valence-corrected chi connectivity index (χ1v) is 12.3. The van der Waals surface area contributed by atoms with E-state index in [1.165, 1.54) is 25.2 Å². The largest absolute Gasteiger partial charge is 0.394 e. The molecule has 168 valence electrons. The number of nitrogens with one attached hydrogen (secondary N) is 1. The molecule has 31 heavy (non-hydrogen) atoms. The zero-order valence-electron chi connectivity index (χ0n) is 17.5. The van der Waals surface area contributed by atoms with Crippen LogP contribution in [0, 0.1) is 5.92 Å². The average Bonchev–Trinajstić information content (AvgIpc) is 3.26. The maximum absolute atomic E-state index is 13.2. The fourth-order valence-electron chi connectivity index (χ4n) is 3.98. The Balaban J connectivity index is 1.77. The number of carbonyl (C=O) groups excluding carboxylic acids is 1. The molecular formula is C22H28ClN3O4S. The fraction of sp³-hybridized carbons (Fsp3) is 0.500. The highest BCUT2D eigenvalue weighted by molar-refractivity contribution is 7.84. The molecule has 3 atom stereocenters. The van der Waals surface area contributed by atoms with Gasteiger partial charge < -0.3 is 15.5 Å². The molecule has 1 aliphatic rings. The van der Waals surface area contributed by atoms with Crippen molar-refractivity contribution in [3.8, 4) is 0 Å². The predicted molar refractivity (Wildman–Crippen MR) is 121 cm³/mol. The van der Waals surface area contributed by atoms with Gasteiger partial charge >= 0.3 is 0 Å². The summed E-state index contributed by atoms with van der Waals surface area (Å²) in [5.41, 5.74) is 1.32. The van der Waals surface area contributed by atoms with E-state index in [2.05, 4.69) is 15.3 Å². The molecule has 3 rings (SSSR count). The highest BCUT2D eigenvalue weighted by Crippen LogP contribution is 2.36. The second-order valence-corrected chi connectivity index (χ2v) is 9.76. The Kier molecular flexibility index (Phi) is 8.54. The van der Waals surface area contributed by atoms with Crippen LogP contribution in [0.2, 0.25) is 5.02 Å². The van der Waals surface area contributed by atoms with Gasteiger partial charge in [0.1, 0.15) is 0 Å². The van der Waals surface area contributed by atoms with Crippen LogP contribution in [-0.2, 0) is 22.0 Å². The van der Waals surface area contributed by atoms with E-state index in [1.54, 1.807) is 18.4 Å². The number of amides is 1. The molecule has 0 radical (unpaired) electrons. The van der Waals surface area contributed by atoms with Gasteiger partial charge in [-0.2, -0.15) is 0 Å². The third kappa shape index (κ3) is 6.55. The monoisotopic (exact) mass is 465 g/mol. The Bertz CT molecular complexity index is 919. The van der Waals surface area contributed by atoms with Crippen molar-refractivity contribution < 1.29 is 19.2 Å². The summed E-state index contributed by atoms with van der Waals surface area (Å²) < 4.78 is 11.8. The Morgan fingerprint density at radius 3 is 2.61 bits per heavy atom. The molecule has 1 aromatic carbocycles. The van der Waals surface area contributed by atoms with Crippen LogP contribution in [-0.4, -0.2) is 49.3 Å². The lowest BCUT2D eigenvalue weighted by atomic mass is 9.87. The molecule has 1 fully saturated rings. The second-order valence-electron chi connectivity index (χ2n) is 8.01. The summed E-state index contributed by atoms with van der Waals surface area (Å²) in [6.45, 7) is -0.351. The van der Waals surface area contributed by atoms with E-state index >= 15 is 0 Å². The van der Waals surface area contributed by atoms with E-state index < -0.39 is 22.8 Å². The molecule has 1 heterocycles. The minimum atomic E-state index is -1.20. The molecule has 3 N–H and O–H groups in total. The lowest BCUT2D eigenvalue weighted by Gasteiger charge is -2.21. The van der Waals surface area contributed by atoms with Crippen molar-refractivity contribution in [2.45, 2.75) is 55.4 Å². The highest BCUT2D eigenvalue weighted by atomic mass is 35.5. The van der Waals surface area contributed by atoms with Crippen LogP contribution in [0.5, 0.6) is 0 Å². The van der Waals surface area contributed by atoms with Gasteiger partial charge in [-0.3, -0.25) is 14.0 Å². The van der Waals surface area contributed by atoms with Crippen molar-refractivity contribution in [2.24, 2.45) is 5.92 Å². The molecule has 1 saturated carbocycles. The lowest BCUT2D eigenvalue weighted by molar-refractivity contribution is -0.118. The Labute approximate surface area is 189 Å². The van der Waals surface area contributed by atoms with Gasteiger partial charge in [-0.05, 0) is 30.0 Å². The number of aliphatic hydroxyl groups excluding tert-OH is 2. The number of rotatable bonds is 9. The number of anilines is 1. The summed E-state index contributed by atoms with van der Waals surface area (Å²) in [4.78, 5) is 22.1. The van der Waals surface area contributed by atoms with Crippen LogP contribution in [0.25, 0.3) is 0 Å². The Morgan fingerprint density at radius 1 is 1.29 bits per heavy atom. The Hall–Kier alpha value is -1.87. The third-order valence-corrected chi connectivity index (χ3v) is 7.04. The van der Waals surface area contributed by atoms with Crippen molar-refractivity contribution in [3.63, 3.8) is 0 Å². The standard InChI is InChI=1S/C22H28ClN3O4S/c1-31(30)20-7-6-15(9-19(20)23)18(8-14-4-2-3-5-14)22(29)26-21-12-24-16(11-25-21)10-17(28)13-27/h6-7,9,11-12,14,17-18,27-28H,2-5,8,10,13H2,1H3,(H,25,26,29). The maximum Gasteiger partial charge on any atom is 0.233 e. The summed E-state index contributed by atoms with van der Waals surface area (Å²) in [7, 11) is -1.20. The summed E-state index contributed by atoms with van der Waals surface area (Å²) in [5, 5.41) is 21.7. The Morgan fingerprint density at radius 2 is 2.03 bits per heavy atom. The van der Waals surface area contributed by atoms with Crippen molar-refractivity contribution >= 4 is 34.1 Å². The van der Waals surface area contributed by atoms with Crippen LogP contribution < -0.4 is 5.32 Å². The summed E-state index contributed by atoms with van der Waals surface area (Å²) in [6, 6.07) is 5.29. The number of aliphatic hydroxyl groups is 2. The molecule has 9 heteroatoms. The molecule has 0 aliphatic heterocycles. The second kappa shape index (κ2) is 11.1. The number of benzene rings is 1. The summed E-state index contributed by atoms with van der Waals surface area (Å²) in [6.07, 6.45) is 9.08. The molecule has 2 aromatic rings. The van der Waals surface area contributed by atoms with E-state index in [0.29, 0.717) is 33.8 Å². The average molecular weight is 466 g/mol. The van der Waals surface area contributed by atoms with E-state index in [9.17, 15) is 14.1 Å². The van der Waals surface area contributed by atoms with Gasteiger partial charge in [0.25, 0.3) is 0 Å². The van der Waals surface area contributed by atoms with Crippen molar-refractivity contribution in [1.29, 1.82) is 0 Å². The first-order valence-electron chi connectivity index (χ1n) is 10.4. The van der Waals surface area contributed by atoms with Crippen LogP contribution in [0.4, 0.5) is 5.82 Å². The lowest BCUT2D eigenvalue weighted by Crippen LogP contribution is -2.24. The smallest absolute Gasteiger partial charge is 0.233 e. The van der Waals surface area contributed by atoms with Gasteiger partial charge in [-0.15, -0.1) is 0 Å². The summed E-state index contributed by atoms with van der Waals surface area (Å²) in [5.74, 6) is 0.201. The topological polar surface area (TPSA) is 112 Å². The first-order chi connectivity index (χ1) is 14.9. The molecule has 7 nitrogen and oxygen atoms in total. The van der Waals surface area contributed by atoms with Crippen molar-refractivity contribution in [1.82, 2.24) is 9.97 Å². The van der Waals surface area contributed by atoms with Gasteiger partial charge in [-0.1, -0.05) is 43.4 Å². The molecular weight excluding hydrogens is 438 g/mol. The van der Waals surface area contributed by atoms with E-state index in [-0.39, 0.29) is 18.9 Å². The molecule has 0 spiro atoms. The quantitative estimate of drug-likeness (QED) is 0.524. The number of aromatic nitrogens is 2. The molecule has 1 aliphatic carbocycles.